The number of ketones is 1. The van der Waals surface area contributed by atoms with Gasteiger partial charge in [0.1, 0.15) is 23.3 Å². The minimum Gasteiger partial charge on any atom is -0.507 e. The number of carbonyl (C=O) groups excluding carboxylic acids is 2. The van der Waals surface area contributed by atoms with Crippen molar-refractivity contribution >= 4 is 34.5 Å². The van der Waals surface area contributed by atoms with Crippen molar-refractivity contribution in [3.05, 3.63) is 81.6 Å². The number of benzene rings is 2. The number of carbonyl (C=O) groups is 2. The van der Waals surface area contributed by atoms with Crippen molar-refractivity contribution in [2.24, 2.45) is 0 Å². The third-order valence-electron chi connectivity index (χ3n) is 5.30. The van der Waals surface area contributed by atoms with Crippen molar-refractivity contribution in [1.29, 1.82) is 0 Å². The lowest BCUT2D eigenvalue weighted by Gasteiger charge is -2.25. The van der Waals surface area contributed by atoms with Gasteiger partial charge in [-0.2, -0.15) is 0 Å². The predicted molar refractivity (Wildman–Crippen MR) is 120 cm³/mol. The molecule has 1 unspecified atom stereocenters. The Hall–Kier alpha value is -3.58. The van der Waals surface area contributed by atoms with Gasteiger partial charge in [-0.15, -0.1) is 11.3 Å². The Morgan fingerprint density at radius 3 is 2.45 bits per heavy atom. The van der Waals surface area contributed by atoms with Gasteiger partial charge in [-0.25, -0.2) is 0 Å². The van der Waals surface area contributed by atoms with Crippen molar-refractivity contribution in [2.45, 2.75) is 13.0 Å². The fraction of sp³-hybridized carbons (Fsp3) is 0.167. The van der Waals surface area contributed by atoms with Gasteiger partial charge >= 0.3 is 0 Å². The standard InChI is InChI=1S/C24H21NO5S/c1-14-7-4-5-8-17(14)25-21(19-9-6-12-31-19)20(23(27)24(25)28)22(26)16-11-10-15(29-2)13-18(16)30-3/h4-13,21,26H,1-3H3/b22-20-. The molecule has 1 amide bonds. The largest absolute Gasteiger partial charge is 0.507 e. The summed E-state index contributed by atoms with van der Waals surface area (Å²) in [6.45, 7) is 1.88. The lowest BCUT2D eigenvalue weighted by molar-refractivity contribution is -0.132. The number of rotatable bonds is 5. The fourth-order valence-corrected chi connectivity index (χ4v) is 4.59. The highest BCUT2D eigenvalue weighted by molar-refractivity contribution is 7.10. The molecule has 1 aliphatic rings. The summed E-state index contributed by atoms with van der Waals surface area (Å²) < 4.78 is 10.6. The number of aryl methyl sites for hydroxylation is 1. The van der Waals surface area contributed by atoms with Crippen molar-refractivity contribution in [1.82, 2.24) is 0 Å². The summed E-state index contributed by atoms with van der Waals surface area (Å²) >= 11 is 1.42. The molecule has 4 rings (SSSR count). The number of anilines is 1. The molecule has 1 aliphatic heterocycles. The van der Waals surface area contributed by atoms with Crippen molar-refractivity contribution < 1.29 is 24.2 Å². The van der Waals surface area contributed by atoms with Crippen LogP contribution in [0.2, 0.25) is 0 Å². The zero-order valence-electron chi connectivity index (χ0n) is 17.3. The molecule has 1 saturated heterocycles. The number of hydrogen-bond donors (Lipinski definition) is 1. The molecule has 1 aromatic heterocycles. The fourth-order valence-electron chi connectivity index (χ4n) is 3.77. The Bertz CT molecular complexity index is 1180. The van der Waals surface area contributed by atoms with Crippen LogP contribution in [0.4, 0.5) is 5.69 Å². The molecule has 1 fully saturated rings. The van der Waals surface area contributed by atoms with Crippen LogP contribution in [0.1, 0.15) is 22.0 Å². The molecule has 158 valence electrons. The molecular formula is C24H21NO5S. The van der Waals surface area contributed by atoms with Gasteiger partial charge in [-0.05, 0) is 42.1 Å². The lowest BCUT2D eigenvalue weighted by Crippen LogP contribution is -2.29. The summed E-state index contributed by atoms with van der Waals surface area (Å²) in [5.41, 5.74) is 1.82. The topological polar surface area (TPSA) is 76.1 Å². The average Bonchev–Trinajstić information content (AvgIpc) is 3.40. The maximum Gasteiger partial charge on any atom is 0.300 e. The molecular weight excluding hydrogens is 414 g/mol. The van der Waals surface area contributed by atoms with Crippen LogP contribution in [-0.2, 0) is 9.59 Å². The van der Waals surface area contributed by atoms with Crippen LogP contribution < -0.4 is 14.4 Å². The summed E-state index contributed by atoms with van der Waals surface area (Å²) in [5.74, 6) is -0.821. The van der Waals surface area contributed by atoms with Crippen molar-refractivity contribution in [3.63, 3.8) is 0 Å². The molecule has 2 heterocycles. The molecule has 1 atom stereocenters. The zero-order valence-corrected chi connectivity index (χ0v) is 18.1. The highest BCUT2D eigenvalue weighted by Gasteiger charge is 2.48. The van der Waals surface area contributed by atoms with E-state index in [4.69, 9.17) is 9.47 Å². The Morgan fingerprint density at radius 2 is 1.81 bits per heavy atom. The van der Waals surface area contributed by atoms with E-state index in [1.165, 1.54) is 30.5 Å². The minimum atomic E-state index is -0.743. The first-order chi connectivity index (χ1) is 15.0. The van der Waals surface area contributed by atoms with E-state index in [1.807, 2.05) is 42.6 Å². The maximum absolute atomic E-state index is 13.2. The van der Waals surface area contributed by atoms with Crippen LogP contribution >= 0.6 is 11.3 Å². The Balaban J connectivity index is 1.95. The molecule has 1 N–H and O–H groups in total. The summed E-state index contributed by atoms with van der Waals surface area (Å²) in [4.78, 5) is 28.6. The van der Waals surface area contributed by atoms with Crippen LogP contribution in [-0.4, -0.2) is 31.0 Å². The van der Waals surface area contributed by atoms with Gasteiger partial charge in [-0.1, -0.05) is 24.3 Å². The van der Waals surface area contributed by atoms with E-state index in [2.05, 4.69) is 0 Å². The number of thiophene rings is 1. The molecule has 2 aromatic carbocycles. The molecule has 0 aliphatic carbocycles. The third-order valence-corrected chi connectivity index (χ3v) is 6.22. The number of methoxy groups -OCH3 is 2. The number of amides is 1. The van der Waals surface area contributed by atoms with Gasteiger partial charge in [0, 0.05) is 16.6 Å². The van der Waals surface area contributed by atoms with Crippen LogP contribution in [0.5, 0.6) is 11.5 Å². The van der Waals surface area contributed by atoms with Gasteiger partial charge in [0.05, 0.1) is 25.4 Å². The van der Waals surface area contributed by atoms with E-state index in [1.54, 1.807) is 24.3 Å². The van der Waals surface area contributed by atoms with Gasteiger partial charge in [0.2, 0.25) is 0 Å². The summed E-state index contributed by atoms with van der Waals surface area (Å²) in [6, 6.07) is 15.2. The molecule has 3 aromatic rings. The van der Waals surface area contributed by atoms with E-state index in [0.717, 1.165) is 10.4 Å². The molecule has 0 spiro atoms. The van der Waals surface area contributed by atoms with Gasteiger partial charge in [0.15, 0.2) is 0 Å². The highest BCUT2D eigenvalue weighted by atomic mass is 32.1. The van der Waals surface area contributed by atoms with E-state index >= 15 is 0 Å². The first kappa shape index (κ1) is 20.7. The second-order valence-electron chi connectivity index (χ2n) is 7.04. The zero-order chi connectivity index (χ0) is 22.1. The van der Waals surface area contributed by atoms with Crippen LogP contribution in [0.15, 0.2) is 65.6 Å². The molecule has 0 radical (unpaired) electrons. The van der Waals surface area contributed by atoms with Crippen LogP contribution in [0, 0.1) is 6.92 Å². The normalized spacial score (nSPS) is 17.8. The van der Waals surface area contributed by atoms with Crippen LogP contribution in [0.25, 0.3) is 5.76 Å². The Morgan fingerprint density at radius 1 is 1.03 bits per heavy atom. The predicted octanol–water partition coefficient (Wildman–Crippen LogP) is 4.70. The van der Waals surface area contributed by atoms with E-state index in [0.29, 0.717) is 22.7 Å². The second kappa shape index (κ2) is 8.28. The Labute approximate surface area is 184 Å². The van der Waals surface area contributed by atoms with Crippen molar-refractivity contribution in [2.75, 3.05) is 19.1 Å². The third kappa shape index (κ3) is 3.47. The number of Topliss-reactive ketones (excluding diaryl/α,β-unsaturated/α-hetero) is 1. The number of aliphatic hydroxyl groups excluding tert-OH is 1. The first-order valence-corrected chi connectivity index (χ1v) is 10.5. The average molecular weight is 436 g/mol. The summed E-state index contributed by atoms with van der Waals surface area (Å²) in [6.07, 6.45) is 0. The molecule has 0 saturated carbocycles. The number of para-hydroxylation sites is 1. The molecule has 0 bridgehead atoms. The van der Waals surface area contributed by atoms with E-state index in [9.17, 15) is 14.7 Å². The smallest absolute Gasteiger partial charge is 0.300 e. The number of aliphatic hydroxyl groups is 1. The monoisotopic (exact) mass is 435 g/mol. The molecule has 6 nitrogen and oxygen atoms in total. The SMILES string of the molecule is COc1ccc(/C(O)=C2/C(=O)C(=O)N(c3ccccc3C)C2c2cccs2)c(OC)c1. The number of nitrogens with zero attached hydrogens (tertiary/aromatic N) is 1. The Kier molecular flexibility index (Phi) is 5.52. The second-order valence-corrected chi connectivity index (χ2v) is 8.02. The highest BCUT2D eigenvalue weighted by Crippen LogP contribution is 2.45. The van der Waals surface area contributed by atoms with Gasteiger partial charge < -0.3 is 14.6 Å². The summed E-state index contributed by atoms with van der Waals surface area (Å²) in [5, 5.41) is 13.1. The molecule has 7 heteroatoms. The van der Waals surface area contributed by atoms with Gasteiger partial charge in [-0.3, -0.25) is 14.5 Å². The number of ether oxygens (including phenoxy) is 2. The minimum absolute atomic E-state index is 0.0270. The van der Waals surface area contributed by atoms with E-state index in [-0.39, 0.29) is 11.3 Å². The first-order valence-electron chi connectivity index (χ1n) is 9.60. The van der Waals surface area contributed by atoms with Crippen molar-refractivity contribution in [3.8, 4) is 11.5 Å². The molecule has 31 heavy (non-hydrogen) atoms. The lowest BCUT2D eigenvalue weighted by atomic mass is 9.99. The quantitative estimate of drug-likeness (QED) is 0.357. The summed E-state index contributed by atoms with van der Waals surface area (Å²) in [7, 11) is 2.99. The van der Waals surface area contributed by atoms with E-state index < -0.39 is 17.7 Å². The van der Waals surface area contributed by atoms with Crippen LogP contribution in [0.3, 0.4) is 0 Å². The van der Waals surface area contributed by atoms with Gasteiger partial charge in [0.25, 0.3) is 11.7 Å². The maximum atomic E-state index is 13.2. The number of hydrogen-bond acceptors (Lipinski definition) is 6.